The molecule has 1 amide bonds. The van der Waals surface area contributed by atoms with Gasteiger partial charge in [0.25, 0.3) is 0 Å². The van der Waals surface area contributed by atoms with Gasteiger partial charge in [-0.25, -0.2) is 4.79 Å². The number of alkyl carbamates (subject to hydrolysis) is 1. The number of hydrogen-bond acceptors (Lipinski definition) is 7. The number of carboxylic acid groups (broad SMARTS) is 1. The number of alkyl halides is 3. The normalized spacial score (nSPS) is 13.1. The lowest BCUT2D eigenvalue weighted by Gasteiger charge is -2.24. The van der Waals surface area contributed by atoms with E-state index in [0.717, 1.165) is 25.7 Å². The van der Waals surface area contributed by atoms with Gasteiger partial charge < -0.3 is 29.8 Å². The number of unbranched alkanes of at least 4 members (excludes halogenated alkanes) is 2. The number of esters is 1. The summed E-state index contributed by atoms with van der Waals surface area (Å²) in [5.41, 5.74) is 4.31. The van der Waals surface area contributed by atoms with E-state index in [1.54, 1.807) is 0 Å². The standard InChI is InChI=1S/C19H37N3O5.C2HF3O2/c1-18(2,3)10-8-11-22-17(25)27-14-19(4,13-23)16(24)26-12-7-5-6-9-15(20)21;3-2(4,5)1(6)7/h23H,5-14H2,1-4H3,(H3,20,21)(H,22,25);(H,6,7). The highest BCUT2D eigenvalue weighted by atomic mass is 19.4. The highest BCUT2D eigenvalue weighted by molar-refractivity contribution is 5.77. The lowest BCUT2D eigenvalue weighted by atomic mass is 9.91. The number of nitrogens with two attached hydrogens (primary N) is 2. The Morgan fingerprint density at radius 3 is 2.03 bits per heavy atom. The van der Waals surface area contributed by atoms with Gasteiger partial charge >= 0.3 is 18.2 Å². The molecule has 0 heterocycles. The highest BCUT2D eigenvalue weighted by Crippen LogP contribution is 2.20. The van der Waals surface area contributed by atoms with Crippen LogP contribution in [-0.4, -0.2) is 61.5 Å². The third kappa shape index (κ3) is 18.9. The lowest BCUT2D eigenvalue weighted by molar-refractivity contribution is -0.344. The molecule has 0 spiro atoms. The van der Waals surface area contributed by atoms with Gasteiger partial charge in [0.15, 0.2) is 0 Å². The van der Waals surface area contributed by atoms with Crippen molar-refractivity contribution in [2.45, 2.75) is 72.4 Å². The molecule has 1 unspecified atom stereocenters. The Labute approximate surface area is 197 Å². The van der Waals surface area contributed by atoms with E-state index in [0.29, 0.717) is 25.2 Å². The zero-order valence-electron chi connectivity index (χ0n) is 20.3. The number of ether oxygens (including phenoxy) is 2. The molecule has 0 aromatic rings. The zero-order valence-corrected chi connectivity index (χ0v) is 20.3. The predicted octanol–water partition coefficient (Wildman–Crippen LogP) is 0.0560. The van der Waals surface area contributed by atoms with Gasteiger partial charge in [-0.3, -0.25) is 15.9 Å². The number of rotatable bonds is 13. The zero-order chi connectivity index (χ0) is 27.0. The van der Waals surface area contributed by atoms with Crippen molar-refractivity contribution in [3.63, 3.8) is 0 Å². The molecule has 0 fully saturated rings. The first-order chi connectivity index (χ1) is 15.4. The molecule has 0 radical (unpaired) electrons. The minimum absolute atomic E-state index is 0.208. The van der Waals surface area contributed by atoms with Gasteiger partial charge in [-0.2, -0.15) is 13.2 Å². The third-order valence-electron chi connectivity index (χ3n) is 4.31. The monoisotopic (exact) mass is 501 g/mol. The fourth-order valence-corrected chi connectivity index (χ4v) is 2.20. The average Bonchev–Trinajstić information content (AvgIpc) is 2.70. The molecule has 0 aliphatic carbocycles. The second-order valence-electron chi connectivity index (χ2n) is 9.19. The molecular formula is C21H38F3N3O7. The summed E-state index contributed by atoms with van der Waals surface area (Å²) < 4.78 is 41.8. The van der Waals surface area contributed by atoms with Gasteiger partial charge in [0, 0.05) is 13.0 Å². The molecule has 0 aliphatic rings. The number of aliphatic carboxylic acids is 1. The van der Waals surface area contributed by atoms with Gasteiger partial charge in [0.2, 0.25) is 5.84 Å². The van der Waals surface area contributed by atoms with Crippen molar-refractivity contribution in [1.82, 2.24) is 5.32 Å². The summed E-state index contributed by atoms with van der Waals surface area (Å²) >= 11 is 0. The molecular weight excluding hydrogens is 463 g/mol. The van der Waals surface area contributed by atoms with E-state index < -0.39 is 36.2 Å². The van der Waals surface area contributed by atoms with E-state index >= 15 is 0 Å². The number of hydrogen-bond donors (Lipinski definition) is 4. The van der Waals surface area contributed by atoms with E-state index in [2.05, 4.69) is 26.1 Å². The maximum absolute atomic E-state index is 12.2. The summed E-state index contributed by atoms with van der Waals surface area (Å²) in [7, 11) is 0. The summed E-state index contributed by atoms with van der Waals surface area (Å²) in [4.78, 5) is 32.7. The number of carboxylic acids is 1. The molecule has 34 heavy (non-hydrogen) atoms. The van der Waals surface area contributed by atoms with Crippen molar-refractivity contribution in [3.8, 4) is 0 Å². The molecule has 0 aromatic carbocycles. The largest absolute Gasteiger partial charge is 0.542 e. The fourth-order valence-electron chi connectivity index (χ4n) is 2.20. The van der Waals surface area contributed by atoms with Crippen LogP contribution in [0, 0.1) is 10.8 Å². The Morgan fingerprint density at radius 1 is 1.03 bits per heavy atom. The topological polar surface area (TPSA) is 177 Å². The summed E-state index contributed by atoms with van der Waals surface area (Å²) in [5, 5.41) is 26.3. The Hall–Kier alpha value is -2.57. The van der Waals surface area contributed by atoms with Crippen LogP contribution in [0.5, 0.6) is 0 Å². The maximum atomic E-state index is 12.2. The number of carbonyl (C=O) groups excluding carboxylic acids is 3. The Kier molecular flexibility index (Phi) is 15.9. The van der Waals surface area contributed by atoms with Crippen LogP contribution in [0.4, 0.5) is 18.0 Å². The number of aliphatic hydroxyl groups is 1. The number of carbonyl (C=O) groups is 3. The quantitative estimate of drug-likeness (QED) is 0.118. The number of nitrogens with one attached hydrogen (secondary N) is 1. The number of amides is 1. The second kappa shape index (κ2) is 16.1. The molecule has 0 bridgehead atoms. The van der Waals surface area contributed by atoms with Crippen LogP contribution in [0.3, 0.4) is 0 Å². The average molecular weight is 502 g/mol. The van der Waals surface area contributed by atoms with Gasteiger partial charge in [-0.15, -0.1) is 0 Å². The second-order valence-corrected chi connectivity index (χ2v) is 9.19. The molecule has 200 valence electrons. The molecule has 0 aliphatic heterocycles. The van der Waals surface area contributed by atoms with Crippen molar-refractivity contribution in [2.75, 3.05) is 26.4 Å². The SMILES string of the molecule is CC(C)(C)CCCNC(=O)OCC(C)(CO)C(=O)OCCCCCC(N)=[NH2+].O=C([O-])C(F)(F)F. The van der Waals surface area contributed by atoms with Crippen molar-refractivity contribution >= 4 is 23.9 Å². The van der Waals surface area contributed by atoms with Crippen molar-refractivity contribution < 1.29 is 52.7 Å². The molecule has 0 rings (SSSR count). The molecule has 13 heteroatoms. The Morgan fingerprint density at radius 2 is 1.59 bits per heavy atom. The van der Waals surface area contributed by atoms with Crippen LogP contribution in [-0.2, 0) is 19.1 Å². The van der Waals surface area contributed by atoms with E-state index in [9.17, 15) is 27.9 Å². The molecule has 10 nitrogen and oxygen atoms in total. The molecule has 0 saturated carbocycles. The maximum Gasteiger partial charge on any atom is 0.430 e. The third-order valence-corrected chi connectivity index (χ3v) is 4.31. The van der Waals surface area contributed by atoms with Crippen LogP contribution >= 0.6 is 0 Å². The van der Waals surface area contributed by atoms with Gasteiger partial charge in [-0.05, 0) is 44.4 Å². The number of amidine groups is 1. The van der Waals surface area contributed by atoms with Crippen LogP contribution in [0.1, 0.15) is 66.2 Å². The number of halogens is 3. The smallest absolute Gasteiger partial charge is 0.430 e. The van der Waals surface area contributed by atoms with E-state index in [-0.39, 0.29) is 18.6 Å². The van der Waals surface area contributed by atoms with Crippen LogP contribution in [0.2, 0.25) is 0 Å². The lowest BCUT2D eigenvalue weighted by Crippen LogP contribution is -2.45. The molecule has 0 aromatic heterocycles. The summed E-state index contributed by atoms with van der Waals surface area (Å²) in [6.07, 6.45) is -1.01. The van der Waals surface area contributed by atoms with Crippen LogP contribution in [0.25, 0.3) is 0 Å². The van der Waals surface area contributed by atoms with Crippen LogP contribution in [0.15, 0.2) is 0 Å². The predicted molar refractivity (Wildman–Crippen MR) is 115 cm³/mol. The van der Waals surface area contributed by atoms with Gasteiger partial charge in [-0.1, -0.05) is 20.8 Å². The van der Waals surface area contributed by atoms with E-state index in [1.165, 1.54) is 6.92 Å². The summed E-state index contributed by atoms with van der Waals surface area (Å²) in [6, 6.07) is 0. The Bertz CT molecular complexity index is 653. The summed E-state index contributed by atoms with van der Waals surface area (Å²) in [6.45, 7) is 7.93. The highest BCUT2D eigenvalue weighted by Gasteiger charge is 2.36. The van der Waals surface area contributed by atoms with Gasteiger partial charge in [0.1, 0.15) is 18.0 Å². The van der Waals surface area contributed by atoms with E-state index in [4.69, 9.17) is 30.5 Å². The summed E-state index contributed by atoms with van der Waals surface area (Å²) in [5.74, 6) is -3.20. The molecule has 1 atom stereocenters. The van der Waals surface area contributed by atoms with Crippen molar-refractivity contribution in [2.24, 2.45) is 16.6 Å². The minimum atomic E-state index is -5.19. The van der Waals surface area contributed by atoms with E-state index in [1.807, 2.05) is 0 Å². The Balaban J connectivity index is 0. The minimum Gasteiger partial charge on any atom is -0.542 e. The van der Waals surface area contributed by atoms with Gasteiger partial charge in [0.05, 0.1) is 13.2 Å². The molecule has 0 saturated heterocycles. The fraction of sp³-hybridized carbons (Fsp3) is 0.810. The first kappa shape index (κ1) is 33.6. The molecule has 6 N–H and O–H groups in total. The number of aliphatic hydroxyl groups excluding tert-OH is 1. The van der Waals surface area contributed by atoms with Crippen LogP contribution < -0.4 is 21.6 Å². The first-order valence-corrected chi connectivity index (χ1v) is 10.8. The first-order valence-electron chi connectivity index (χ1n) is 10.8. The van der Waals surface area contributed by atoms with Crippen molar-refractivity contribution in [1.29, 1.82) is 0 Å². The van der Waals surface area contributed by atoms with Crippen molar-refractivity contribution in [3.05, 3.63) is 0 Å².